The first-order chi connectivity index (χ1) is 16.7. The van der Waals surface area contributed by atoms with E-state index >= 15 is 0 Å². The number of nitrogens with zero attached hydrogens (tertiary/aromatic N) is 6. The van der Waals surface area contributed by atoms with Crippen LogP contribution in [-0.4, -0.2) is 30.8 Å². The molecular weight excluding hydrogens is 470 g/mol. The predicted molar refractivity (Wildman–Crippen MR) is 132 cm³/mol. The second-order valence-electron chi connectivity index (χ2n) is 7.02. The Balaban J connectivity index is 1.50. The van der Waals surface area contributed by atoms with Crippen LogP contribution in [0.1, 0.15) is 5.56 Å². The van der Waals surface area contributed by atoms with Crippen LogP contribution in [0.15, 0.2) is 78.1 Å². The van der Waals surface area contributed by atoms with Crippen molar-refractivity contribution in [3.8, 4) is 28.8 Å². The number of hydrogen-bond acceptors (Lipinski definition) is 8. The van der Waals surface area contributed by atoms with Gasteiger partial charge in [0.25, 0.3) is 5.78 Å². The van der Waals surface area contributed by atoms with Crippen molar-refractivity contribution in [3.63, 3.8) is 0 Å². The summed E-state index contributed by atoms with van der Waals surface area (Å²) < 4.78 is 7.34. The van der Waals surface area contributed by atoms with Crippen LogP contribution in [-0.2, 0) is 0 Å². The van der Waals surface area contributed by atoms with Crippen LogP contribution in [0.4, 0.5) is 11.6 Å². The summed E-state index contributed by atoms with van der Waals surface area (Å²) in [6.45, 7) is 0. The number of nitriles is 1. The van der Waals surface area contributed by atoms with Gasteiger partial charge >= 0.3 is 0 Å². The van der Waals surface area contributed by atoms with E-state index in [-0.39, 0.29) is 0 Å². The van der Waals surface area contributed by atoms with Crippen molar-refractivity contribution >= 4 is 40.8 Å². The minimum absolute atomic E-state index is 0.339. The first kappa shape index (κ1) is 21.7. The molecule has 0 spiro atoms. The quantitative estimate of drug-likeness (QED) is 0.232. The Labute approximate surface area is 204 Å². The molecule has 0 aliphatic carbocycles. The molecule has 3 heterocycles. The molecular formula is C24H16ClN7OS. The number of fused-ring (bicyclic) bond motifs is 1. The van der Waals surface area contributed by atoms with E-state index in [1.807, 2.05) is 48.7 Å². The van der Waals surface area contributed by atoms with Crippen LogP contribution in [0.2, 0.25) is 5.02 Å². The number of pyridine rings is 1. The molecule has 0 saturated heterocycles. The summed E-state index contributed by atoms with van der Waals surface area (Å²) in [5, 5.41) is 18.7. The zero-order chi connectivity index (χ0) is 23.5. The second-order valence-corrected chi connectivity index (χ2v) is 8.22. The summed E-state index contributed by atoms with van der Waals surface area (Å²) in [6.07, 6.45) is 5.21. The van der Waals surface area contributed by atoms with E-state index in [0.29, 0.717) is 50.1 Å². The normalized spacial score (nSPS) is 10.7. The van der Waals surface area contributed by atoms with Crippen molar-refractivity contribution in [1.82, 2.24) is 24.6 Å². The average molecular weight is 486 g/mol. The molecule has 8 nitrogen and oxygen atoms in total. The Hall–Kier alpha value is -4.13. The van der Waals surface area contributed by atoms with E-state index in [1.54, 1.807) is 35.1 Å². The van der Waals surface area contributed by atoms with Crippen LogP contribution < -0.4 is 10.1 Å². The molecule has 0 aliphatic heterocycles. The zero-order valence-electron chi connectivity index (χ0n) is 17.8. The highest BCUT2D eigenvalue weighted by molar-refractivity contribution is 7.98. The van der Waals surface area contributed by atoms with E-state index in [1.165, 1.54) is 11.8 Å². The Morgan fingerprint density at radius 3 is 2.44 bits per heavy atom. The fraction of sp³-hybridized carbons (Fsp3) is 0.0417. The summed E-state index contributed by atoms with van der Waals surface area (Å²) >= 11 is 7.83. The molecule has 0 saturated carbocycles. The van der Waals surface area contributed by atoms with E-state index in [2.05, 4.69) is 31.4 Å². The maximum atomic E-state index is 9.88. The highest BCUT2D eigenvalue weighted by Crippen LogP contribution is 2.34. The van der Waals surface area contributed by atoms with Crippen molar-refractivity contribution in [2.75, 3.05) is 11.6 Å². The Kier molecular flexibility index (Phi) is 5.99. The Morgan fingerprint density at radius 1 is 1.00 bits per heavy atom. The predicted octanol–water partition coefficient (Wildman–Crippen LogP) is 5.97. The number of thioether (sulfide) groups is 1. The zero-order valence-corrected chi connectivity index (χ0v) is 19.4. The summed E-state index contributed by atoms with van der Waals surface area (Å²) in [5.74, 6) is 2.09. The van der Waals surface area contributed by atoms with Crippen LogP contribution in [0.5, 0.6) is 11.5 Å². The van der Waals surface area contributed by atoms with Crippen molar-refractivity contribution < 1.29 is 4.74 Å². The van der Waals surface area contributed by atoms with Gasteiger partial charge in [0.1, 0.15) is 28.2 Å². The number of rotatable bonds is 6. The van der Waals surface area contributed by atoms with Gasteiger partial charge in [-0.1, -0.05) is 29.8 Å². The first-order valence-corrected chi connectivity index (χ1v) is 11.7. The fourth-order valence-electron chi connectivity index (χ4n) is 3.36. The van der Waals surface area contributed by atoms with Gasteiger partial charge in [-0.15, -0.1) is 16.9 Å². The number of benzene rings is 2. The number of halogens is 1. The molecule has 0 amide bonds. The Morgan fingerprint density at radius 2 is 1.74 bits per heavy atom. The van der Waals surface area contributed by atoms with Crippen LogP contribution >= 0.6 is 23.4 Å². The topological polar surface area (TPSA) is 101 Å². The molecule has 5 aromatic rings. The summed E-state index contributed by atoms with van der Waals surface area (Å²) in [4.78, 5) is 13.0. The average Bonchev–Trinajstić information content (AvgIpc) is 3.27. The largest absolute Gasteiger partial charge is 0.457 e. The highest BCUT2D eigenvalue weighted by atomic mass is 35.5. The maximum absolute atomic E-state index is 9.88. The molecule has 0 fully saturated rings. The van der Waals surface area contributed by atoms with Gasteiger partial charge in [0.15, 0.2) is 0 Å². The lowest BCUT2D eigenvalue weighted by Gasteiger charge is -2.10. The molecule has 0 aliphatic rings. The summed E-state index contributed by atoms with van der Waals surface area (Å²) in [6, 6.07) is 20.5. The SMILES string of the molecule is CSc1nc2nc(Nc3ccc(Oc4ccncc4)cc3)nn2c(-c2ccccc2Cl)c1C#N. The van der Waals surface area contributed by atoms with Gasteiger partial charge in [-0.05, 0) is 48.7 Å². The van der Waals surface area contributed by atoms with E-state index < -0.39 is 0 Å². The van der Waals surface area contributed by atoms with Gasteiger partial charge in [-0.25, -0.2) is 4.98 Å². The summed E-state index contributed by atoms with van der Waals surface area (Å²) in [5.41, 5.74) is 2.38. The molecule has 166 valence electrons. The lowest BCUT2D eigenvalue weighted by molar-refractivity contribution is 0.482. The molecule has 0 unspecified atom stereocenters. The van der Waals surface area contributed by atoms with E-state index in [4.69, 9.17) is 16.3 Å². The highest BCUT2D eigenvalue weighted by Gasteiger charge is 2.21. The molecule has 5 rings (SSSR count). The van der Waals surface area contributed by atoms with Crippen molar-refractivity contribution in [2.45, 2.75) is 5.03 Å². The molecule has 2 aromatic carbocycles. The molecule has 3 aromatic heterocycles. The van der Waals surface area contributed by atoms with Gasteiger partial charge < -0.3 is 10.1 Å². The van der Waals surface area contributed by atoms with Gasteiger partial charge in [0.2, 0.25) is 5.95 Å². The van der Waals surface area contributed by atoms with Crippen LogP contribution in [0.3, 0.4) is 0 Å². The number of ether oxygens (including phenoxy) is 1. The minimum atomic E-state index is 0.339. The number of hydrogen-bond donors (Lipinski definition) is 1. The third-order valence-corrected chi connectivity index (χ3v) is 5.90. The lowest BCUT2D eigenvalue weighted by atomic mass is 10.1. The summed E-state index contributed by atoms with van der Waals surface area (Å²) in [7, 11) is 0. The maximum Gasteiger partial charge on any atom is 0.255 e. The van der Waals surface area contributed by atoms with Gasteiger partial charge in [-0.3, -0.25) is 4.98 Å². The standard InChI is InChI=1S/C24H16ClN7OS/c1-34-22-19(14-26)21(18-4-2-3-5-20(18)25)32-24(29-22)30-23(31-32)28-15-6-8-16(9-7-15)33-17-10-12-27-13-11-17/h2-13H,1H3,(H,28,31). The minimum Gasteiger partial charge on any atom is -0.457 e. The van der Waals surface area contributed by atoms with Crippen LogP contribution in [0.25, 0.3) is 17.0 Å². The van der Waals surface area contributed by atoms with Crippen LogP contribution in [0, 0.1) is 11.3 Å². The molecule has 0 radical (unpaired) electrons. The number of anilines is 2. The second kappa shape index (κ2) is 9.39. The first-order valence-electron chi connectivity index (χ1n) is 10.1. The third-order valence-electron chi connectivity index (χ3n) is 4.88. The molecule has 0 atom stereocenters. The number of nitrogens with one attached hydrogen (secondary N) is 1. The van der Waals surface area contributed by atoms with Crippen molar-refractivity contribution in [2.24, 2.45) is 0 Å². The smallest absolute Gasteiger partial charge is 0.255 e. The van der Waals surface area contributed by atoms with E-state index in [0.717, 1.165) is 5.69 Å². The fourth-order valence-corrected chi connectivity index (χ4v) is 4.11. The van der Waals surface area contributed by atoms with E-state index in [9.17, 15) is 5.26 Å². The molecule has 10 heteroatoms. The van der Waals surface area contributed by atoms with Crippen molar-refractivity contribution in [1.29, 1.82) is 5.26 Å². The van der Waals surface area contributed by atoms with Crippen molar-refractivity contribution in [3.05, 3.63) is 83.6 Å². The molecule has 34 heavy (non-hydrogen) atoms. The van der Waals surface area contributed by atoms with Gasteiger partial charge in [-0.2, -0.15) is 14.8 Å². The van der Waals surface area contributed by atoms with Gasteiger partial charge in [0.05, 0.1) is 10.7 Å². The Bertz CT molecular complexity index is 1510. The third kappa shape index (κ3) is 4.24. The van der Waals surface area contributed by atoms with Gasteiger partial charge in [0, 0.05) is 23.6 Å². The molecule has 0 bridgehead atoms. The monoisotopic (exact) mass is 485 g/mol. The number of aromatic nitrogens is 5. The lowest BCUT2D eigenvalue weighted by Crippen LogP contribution is -2.03. The molecule has 1 N–H and O–H groups in total.